The SMILES string of the molecule is S=C1N[C@H](c2ccccn2)[C@H](c2ccc[nH]2)N1c1ccccc1. The number of nitrogens with zero attached hydrogens (tertiary/aromatic N) is 2. The maximum Gasteiger partial charge on any atom is 0.174 e. The summed E-state index contributed by atoms with van der Waals surface area (Å²) in [6.45, 7) is 0. The van der Waals surface area contributed by atoms with Crippen LogP contribution in [0.3, 0.4) is 0 Å². The summed E-state index contributed by atoms with van der Waals surface area (Å²) < 4.78 is 0. The number of hydrogen-bond acceptors (Lipinski definition) is 2. The highest BCUT2D eigenvalue weighted by atomic mass is 32.1. The van der Waals surface area contributed by atoms with Gasteiger partial charge in [0.25, 0.3) is 0 Å². The maximum atomic E-state index is 5.62. The Morgan fingerprint density at radius 3 is 2.48 bits per heavy atom. The molecule has 0 amide bonds. The van der Waals surface area contributed by atoms with Gasteiger partial charge in [0.2, 0.25) is 0 Å². The van der Waals surface area contributed by atoms with E-state index in [2.05, 4.69) is 38.4 Å². The number of anilines is 1. The smallest absolute Gasteiger partial charge is 0.174 e. The Morgan fingerprint density at radius 2 is 1.78 bits per heavy atom. The third kappa shape index (κ3) is 2.49. The number of pyridine rings is 1. The van der Waals surface area contributed by atoms with Crippen LogP contribution in [0, 0.1) is 0 Å². The summed E-state index contributed by atoms with van der Waals surface area (Å²) >= 11 is 5.62. The Bertz CT molecular complexity index is 786. The number of nitrogens with one attached hydrogen (secondary N) is 2. The molecular formula is C18H16N4S. The lowest BCUT2D eigenvalue weighted by Gasteiger charge is -2.26. The van der Waals surface area contributed by atoms with E-state index in [9.17, 15) is 0 Å². The predicted octanol–water partition coefficient (Wildman–Crippen LogP) is 3.59. The molecule has 1 saturated heterocycles. The van der Waals surface area contributed by atoms with E-state index >= 15 is 0 Å². The third-order valence-corrected chi connectivity index (χ3v) is 4.39. The van der Waals surface area contributed by atoms with E-state index in [1.807, 2.05) is 54.9 Å². The molecule has 0 spiro atoms. The lowest BCUT2D eigenvalue weighted by atomic mass is 10.0. The minimum atomic E-state index is 0.00237. The molecule has 114 valence electrons. The van der Waals surface area contributed by atoms with Crippen LogP contribution in [0.15, 0.2) is 73.1 Å². The Labute approximate surface area is 140 Å². The van der Waals surface area contributed by atoms with Gasteiger partial charge in [-0.3, -0.25) is 4.98 Å². The maximum absolute atomic E-state index is 5.62. The highest BCUT2D eigenvalue weighted by Crippen LogP contribution is 2.40. The molecule has 4 rings (SSSR count). The molecule has 2 aromatic heterocycles. The van der Waals surface area contributed by atoms with Gasteiger partial charge in [-0.15, -0.1) is 0 Å². The topological polar surface area (TPSA) is 44.0 Å². The van der Waals surface area contributed by atoms with E-state index in [1.54, 1.807) is 0 Å². The van der Waals surface area contributed by atoms with Gasteiger partial charge in [0.15, 0.2) is 5.11 Å². The highest BCUT2D eigenvalue weighted by molar-refractivity contribution is 7.80. The fourth-order valence-electron chi connectivity index (χ4n) is 3.07. The van der Waals surface area contributed by atoms with E-state index in [1.165, 1.54) is 0 Å². The van der Waals surface area contributed by atoms with Crippen molar-refractivity contribution < 1.29 is 0 Å². The molecule has 1 aromatic carbocycles. The lowest BCUT2D eigenvalue weighted by molar-refractivity contribution is 0.558. The second kappa shape index (κ2) is 5.85. The predicted molar refractivity (Wildman–Crippen MR) is 95.2 cm³/mol. The zero-order valence-corrected chi connectivity index (χ0v) is 13.2. The quantitative estimate of drug-likeness (QED) is 0.724. The number of aromatic nitrogens is 2. The number of para-hydroxylation sites is 1. The molecule has 1 fully saturated rings. The molecule has 3 aromatic rings. The van der Waals surface area contributed by atoms with Crippen molar-refractivity contribution in [2.24, 2.45) is 0 Å². The number of H-pyrrole nitrogens is 1. The van der Waals surface area contributed by atoms with Crippen molar-refractivity contribution in [2.45, 2.75) is 12.1 Å². The molecule has 1 aliphatic rings. The highest BCUT2D eigenvalue weighted by Gasteiger charge is 2.41. The standard InChI is InChI=1S/C18H16N4S/c23-18-21-16(14-9-4-5-11-19-14)17(15-10-6-12-20-15)22(18)13-7-2-1-3-8-13/h1-12,16-17,20H,(H,21,23)/t16-,17+/m1/s1. The summed E-state index contributed by atoms with van der Waals surface area (Å²) in [6, 6.07) is 20.3. The summed E-state index contributed by atoms with van der Waals surface area (Å²) in [7, 11) is 0. The molecule has 23 heavy (non-hydrogen) atoms. The second-order valence-corrected chi connectivity index (χ2v) is 5.84. The van der Waals surface area contributed by atoms with E-state index in [0.717, 1.165) is 17.1 Å². The van der Waals surface area contributed by atoms with Gasteiger partial charge in [0.05, 0.1) is 11.7 Å². The monoisotopic (exact) mass is 320 g/mol. The first kappa shape index (κ1) is 14.0. The molecule has 0 aliphatic carbocycles. The number of rotatable bonds is 3. The first-order valence-electron chi connectivity index (χ1n) is 7.53. The molecule has 4 nitrogen and oxygen atoms in total. The minimum Gasteiger partial charge on any atom is -0.363 e. The Balaban J connectivity index is 1.81. The average Bonchev–Trinajstić information content (AvgIpc) is 3.24. The Morgan fingerprint density at radius 1 is 0.957 bits per heavy atom. The molecule has 0 unspecified atom stereocenters. The first-order chi connectivity index (χ1) is 11.3. The summed E-state index contributed by atoms with van der Waals surface area (Å²) in [5, 5.41) is 4.15. The molecule has 0 radical (unpaired) electrons. The molecule has 0 bridgehead atoms. The van der Waals surface area contributed by atoms with Crippen LogP contribution in [0.2, 0.25) is 0 Å². The molecule has 2 N–H and O–H groups in total. The minimum absolute atomic E-state index is 0.00237. The summed E-state index contributed by atoms with van der Waals surface area (Å²) in [6.07, 6.45) is 3.76. The van der Waals surface area contributed by atoms with E-state index in [4.69, 9.17) is 12.2 Å². The molecular weight excluding hydrogens is 304 g/mol. The Hall–Kier alpha value is -2.66. The van der Waals surface area contributed by atoms with Crippen LogP contribution >= 0.6 is 12.2 Å². The number of aromatic amines is 1. The number of hydrogen-bond donors (Lipinski definition) is 2. The van der Waals surface area contributed by atoms with Gasteiger partial charge in [-0.1, -0.05) is 24.3 Å². The molecule has 5 heteroatoms. The van der Waals surface area contributed by atoms with Crippen LogP contribution < -0.4 is 10.2 Å². The van der Waals surface area contributed by atoms with E-state index in [0.29, 0.717) is 5.11 Å². The molecule has 0 saturated carbocycles. The van der Waals surface area contributed by atoms with Crippen molar-refractivity contribution in [2.75, 3.05) is 4.90 Å². The zero-order valence-electron chi connectivity index (χ0n) is 12.4. The van der Waals surface area contributed by atoms with Crippen molar-refractivity contribution in [3.05, 3.63) is 84.4 Å². The van der Waals surface area contributed by atoms with Crippen molar-refractivity contribution in [1.29, 1.82) is 0 Å². The molecule has 2 atom stereocenters. The molecule has 3 heterocycles. The average molecular weight is 320 g/mol. The van der Waals surface area contributed by atoms with Gasteiger partial charge in [-0.25, -0.2) is 0 Å². The summed E-state index contributed by atoms with van der Waals surface area (Å²) in [5.41, 5.74) is 3.16. The van der Waals surface area contributed by atoms with Crippen molar-refractivity contribution in [1.82, 2.24) is 15.3 Å². The van der Waals surface area contributed by atoms with Gasteiger partial charge in [0.1, 0.15) is 6.04 Å². The van der Waals surface area contributed by atoms with Crippen molar-refractivity contribution in [3.63, 3.8) is 0 Å². The van der Waals surface area contributed by atoms with Crippen LogP contribution in [-0.4, -0.2) is 15.1 Å². The van der Waals surface area contributed by atoms with Crippen LogP contribution in [0.25, 0.3) is 0 Å². The third-order valence-electron chi connectivity index (χ3n) is 4.07. The van der Waals surface area contributed by atoms with Gasteiger partial charge in [-0.05, 0) is 48.6 Å². The van der Waals surface area contributed by atoms with Crippen LogP contribution in [0.5, 0.6) is 0 Å². The summed E-state index contributed by atoms with van der Waals surface area (Å²) in [5.74, 6) is 0. The van der Waals surface area contributed by atoms with Gasteiger partial charge >= 0.3 is 0 Å². The summed E-state index contributed by atoms with van der Waals surface area (Å²) in [4.78, 5) is 10.0. The second-order valence-electron chi connectivity index (χ2n) is 5.46. The largest absolute Gasteiger partial charge is 0.363 e. The van der Waals surface area contributed by atoms with Crippen LogP contribution in [-0.2, 0) is 0 Å². The van der Waals surface area contributed by atoms with E-state index < -0.39 is 0 Å². The Kier molecular flexibility index (Phi) is 3.55. The zero-order chi connectivity index (χ0) is 15.6. The van der Waals surface area contributed by atoms with Gasteiger partial charge in [0, 0.05) is 23.8 Å². The van der Waals surface area contributed by atoms with Crippen LogP contribution in [0.1, 0.15) is 23.5 Å². The lowest BCUT2D eigenvalue weighted by Crippen LogP contribution is -2.29. The number of thiocarbonyl (C=S) groups is 1. The fraction of sp³-hybridized carbons (Fsp3) is 0.111. The normalized spacial score (nSPS) is 20.5. The van der Waals surface area contributed by atoms with E-state index in [-0.39, 0.29) is 12.1 Å². The van der Waals surface area contributed by atoms with Gasteiger partial charge in [-0.2, -0.15) is 0 Å². The van der Waals surface area contributed by atoms with Crippen LogP contribution in [0.4, 0.5) is 5.69 Å². The number of benzene rings is 1. The molecule has 1 aliphatic heterocycles. The first-order valence-corrected chi connectivity index (χ1v) is 7.94. The fourth-order valence-corrected chi connectivity index (χ4v) is 3.41. The van der Waals surface area contributed by atoms with Crippen molar-refractivity contribution >= 4 is 23.0 Å². The van der Waals surface area contributed by atoms with Crippen molar-refractivity contribution in [3.8, 4) is 0 Å². The van der Waals surface area contributed by atoms with Gasteiger partial charge < -0.3 is 15.2 Å².